The van der Waals surface area contributed by atoms with E-state index in [1.165, 1.54) is 32.7 Å². The lowest BCUT2D eigenvalue weighted by Gasteiger charge is -2.00. The Morgan fingerprint density at radius 3 is 2.48 bits per heavy atom. The number of halogens is 1. The van der Waals surface area contributed by atoms with Crippen LogP contribution in [0, 0.1) is 0 Å². The summed E-state index contributed by atoms with van der Waals surface area (Å²) in [5, 5.41) is 7.12. The van der Waals surface area contributed by atoms with E-state index in [0.29, 0.717) is 0 Å². The molecule has 0 atom stereocenters. The quantitative estimate of drug-likeness (QED) is 0.208. The highest BCUT2D eigenvalue weighted by molar-refractivity contribution is 14.1. The lowest BCUT2D eigenvalue weighted by molar-refractivity contribution is 0.571. The van der Waals surface area contributed by atoms with E-state index in [4.69, 9.17) is 8.83 Å². The van der Waals surface area contributed by atoms with Gasteiger partial charge in [-0.15, -0.1) is 0 Å². The number of furan rings is 2. The Bertz CT molecular complexity index is 1930. The maximum atomic E-state index is 6.37. The molecule has 5 aromatic heterocycles. The second-order valence-corrected chi connectivity index (χ2v) is 8.58. The van der Waals surface area contributed by atoms with Gasteiger partial charge in [0.25, 0.3) is 0 Å². The van der Waals surface area contributed by atoms with Crippen molar-refractivity contribution in [3.05, 3.63) is 67.1 Å². The van der Waals surface area contributed by atoms with Crippen LogP contribution < -0.4 is 0 Å². The minimum absolute atomic E-state index is 0.909. The summed E-state index contributed by atoms with van der Waals surface area (Å²) in [6, 6.07) is 19.2. The molecule has 8 rings (SSSR count). The van der Waals surface area contributed by atoms with E-state index in [1.54, 1.807) is 0 Å². The molecule has 0 bridgehead atoms. The van der Waals surface area contributed by atoms with Crippen LogP contribution in [0.2, 0.25) is 0 Å². The van der Waals surface area contributed by atoms with Gasteiger partial charge < -0.3 is 13.2 Å². The molecule has 0 aliphatic rings. The van der Waals surface area contributed by atoms with Crippen molar-refractivity contribution >= 4 is 93.9 Å². The number of para-hydroxylation sites is 1. The number of nitrogens with zero attached hydrogens (tertiary/aromatic N) is 2. The van der Waals surface area contributed by atoms with E-state index in [9.17, 15) is 0 Å². The zero-order chi connectivity index (χ0) is 18.9. The van der Waals surface area contributed by atoms with Gasteiger partial charge in [0.15, 0.2) is 5.58 Å². The van der Waals surface area contributed by atoms with Gasteiger partial charge in [-0.2, -0.15) is 0 Å². The first-order valence-corrected chi connectivity index (χ1v) is 10.4. The van der Waals surface area contributed by atoms with Gasteiger partial charge in [-0.05, 0) is 35.7 Å². The van der Waals surface area contributed by atoms with Crippen LogP contribution in [0.15, 0.2) is 76.0 Å². The monoisotopic (exact) mass is 486 g/mol. The van der Waals surface area contributed by atoms with Crippen LogP contribution >= 0.6 is 22.9 Å². The Morgan fingerprint density at radius 2 is 1.52 bits per heavy atom. The molecule has 0 N–H and O–H groups in total. The van der Waals surface area contributed by atoms with Crippen molar-refractivity contribution in [2.24, 2.45) is 0 Å². The van der Waals surface area contributed by atoms with Crippen LogP contribution in [-0.4, -0.2) is 7.18 Å². The molecule has 5 heteroatoms. The van der Waals surface area contributed by atoms with Gasteiger partial charge >= 0.3 is 0 Å². The average molecular weight is 486 g/mol. The highest BCUT2D eigenvalue weighted by Crippen LogP contribution is 2.46. The Morgan fingerprint density at radius 1 is 0.655 bits per heavy atom. The normalized spacial score (nSPS) is 13.0. The molecule has 0 aliphatic carbocycles. The molecule has 0 radical (unpaired) electrons. The number of hydrogen-bond acceptors (Lipinski definition) is 2. The Kier molecular flexibility index (Phi) is 2.38. The van der Waals surface area contributed by atoms with Crippen molar-refractivity contribution in [2.75, 3.05) is 0 Å². The molecule has 0 fully saturated rings. The first kappa shape index (κ1) is 14.8. The van der Waals surface area contributed by atoms with Crippen molar-refractivity contribution in [1.82, 2.24) is 7.18 Å². The van der Waals surface area contributed by atoms with Crippen molar-refractivity contribution in [2.45, 2.75) is 0 Å². The van der Waals surface area contributed by atoms with Crippen molar-refractivity contribution in [3.63, 3.8) is 0 Å². The van der Waals surface area contributed by atoms with Crippen LogP contribution in [0.25, 0.3) is 71.1 Å². The van der Waals surface area contributed by atoms with Gasteiger partial charge in [0.1, 0.15) is 23.6 Å². The zero-order valence-corrected chi connectivity index (χ0v) is 17.1. The van der Waals surface area contributed by atoms with E-state index in [-0.39, 0.29) is 0 Å². The second-order valence-electron chi connectivity index (χ2n) is 7.62. The molecule has 0 amide bonds. The number of aromatic nitrogens is 2. The SMILES string of the molecule is In1c2cccc3c4cocc4n4c5c6ccccc6oc5c5ccc1c(c32)c54. The molecule has 8 aromatic rings. The fourth-order valence-electron chi connectivity index (χ4n) is 5.18. The summed E-state index contributed by atoms with van der Waals surface area (Å²) in [6.07, 6.45) is 3.73. The lowest BCUT2D eigenvalue weighted by Crippen LogP contribution is -1.84. The molecule has 0 saturated heterocycles. The Hall–Kier alpha value is -3.19. The highest BCUT2D eigenvalue weighted by Gasteiger charge is 2.24. The predicted octanol–water partition coefficient (Wildman–Crippen LogP) is 7.48. The second kappa shape index (κ2) is 4.68. The molecule has 29 heavy (non-hydrogen) atoms. The maximum Gasteiger partial charge on any atom is 0.161 e. The van der Waals surface area contributed by atoms with E-state index in [0.717, 1.165) is 38.4 Å². The van der Waals surface area contributed by atoms with Crippen LogP contribution in [0.3, 0.4) is 0 Å². The molecule has 5 heterocycles. The fourth-order valence-corrected chi connectivity index (χ4v) is 5.98. The molecule has 4 nitrogen and oxygen atoms in total. The Labute approximate surface area is 176 Å². The van der Waals surface area contributed by atoms with Gasteiger partial charge in [-0.1, -0.05) is 24.3 Å². The van der Waals surface area contributed by atoms with Crippen molar-refractivity contribution in [1.29, 1.82) is 0 Å². The van der Waals surface area contributed by atoms with Crippen molar-refractivity contribution < 1.29 is 8.83 Å². The van der Waals surface area contributed by atoms with E-state index in [1.807, 2.05) is 24.7 Å². The summed E-state index contributed by atoms with van der Waals surface area (Å²) in [5.74, 6) is 0. The first-order valence-electron chi connectivity index (χ1n) is 9.48. The molecular formula is C24H11IN2O2. The van der Waals surface area contributed by atoms with E-state index < -0.39 is 0 Å². The average Bonchev–Trinajstić information content (AvgIpc) is 3.48. The third kappa shape index (κ3) is 1.50. The maximum absolute atomic E-state index is 6.37. The van der Waals surface area contributed by atoms with Gasteiger partial charge in [0, 0.05) is 26.9 Å². The third-order valence-electron chi connectivity index (χ3n) is 6.31. The van der Waals surface area contributed by atoms with Crippen LogP contribution in [0.4, 0.5) is 0 Å². The molecule has 3 aromatic carbocycles. The summed E-state index contributed by atoms with van der Waals surface area (Å²) in [7, 11) is 0. The summed E-state index contributed by atoms with van der Waals surface area (Å²) < 4.78 is 16.7. The number of rotatable bonds is 0. The molecule has 0 aliphatic heterocycles. The Balaban J connectivity index is 1.92. The molecule has 0 saturated carbocycles. The largest absolute Gasteiger partial charge is 0.470 e. The summed E-state index contributed by atoms with van der Waals surface area (Å²) in [5.41, 5.74) is 7.63. The van der Waals surface area contributed by atoms with Gasteiger partial charge in [-0.3, -0.25) is 2.78 Å². The predicted molar refractivity (Wildman–Crippen MR) is 126 cm³/mol. The lowest BCUT2D eigenvalue weighted by atomic mass is 10.1. The standard InChI is InChI=1S/C24H11IN2O2/c25-27-16-6-3-5-12-15-10-28-11-18(15)26-22-14(8-9-17(27)21(22)20(12)16)24-23(26)13-4-1-2-7-19(13)29-24/h1-11H. The molecular weight excluding hydrogens is 475 g/mol. The van der Waals surface area contributed by atoms with E-state index >= 15 is 0 Å². The first-order chi connectivity index (χ1) is 14.3. The fraction of sp³-hybridized carbons (Fsp3) is 0. The number of fused-ring (bicyclic) bond motifs is 8. The number of benzene rings is 3. The molecule has 0 unspecified atom stereocenters. The molecule has 136 valence electrons. The highest BCUT2D eigenvalue weighted by atomic mass is 127. The molecule has 0 spiro atoms. The van der Waals surface area contributed by atoms with E-state index in [2.05, 4.69) is 72.5 Å². The summed E-state index contributed by atoms with van der Waals surface area (Å²) >= 11 is 2.41. The smallest absolute Gasteiger partial charge is 0.161 e. The third-order valence-corrected chi connectivity index (χ3v) is 7.34. The van der Waals surface area contributed by atoms with Gasteiger partial charge in [-0.25, -0.2) is 0 Å². The minimum Gasteiger partial charge on any atom is -0.470 e. The van der Waals surface area contributed by atoms with Crippen LogP contribution in [0.5, 0.6) is 0 Å². The van der Waals surface area contributed by atoms with Crippen LogP contribution in [-0.2, 0) is 0 Å². The van der Waals surface area contributed by atoms with Crippen molar-refractivity contribution in [3.8, 4) is 0 Å². The number of hydrogen-bond donors (Lipinski definition) is 0. The van der Waals surface area contributed by atoms with Crippen LogP contribution in [0.1, 0.15) is 0 Å². The van der Waals surface area contributed by atoms with Gasteiger partial charge in [0.05, 0.1) is 44.9 Å². The summed E-state index contributed by atoms with van der Waals surface area (Å²) in [4.78, 5) is 0. The minimum atomic E-state index is 0.909. The van der Waals surface area contributed by atoms with Gasteiger partial charge in [0.2, 0.25) is 0 Å². The summed E-state index contributed by atoms with van der Waals surface area (Å²) in [6.45, 7) is 0. The topological polar surface area (TPSA) is 35.6 Å². The zero-order valence-electron chi connectivity index (χ0n) is 14.9.